The molecule has 1 aromatic carbocycles. The van der Waals surface area contributed by atoms with Crippen LogP contribution in [0.1, 0.15) is 4.88 Å². The zero-order chi connectivity index (χ0) is 18.7. The summed E-state index contributed by atoms with van der Waals surface area (Å²) in [4.78, 5) is 9.43. The van der Waals surface area contributed by atoms with Crippen LogP contribution in [-0.4, -0.2) is 32.6 Å². The van der Waals surface area contributed by atoms with Crippen molar-refractivity contribution in [1.82, 2.24) is 9.97 Å². The average Bonchev–Trinajstić information content (AvgIpc) is 3.03. The maximum absolute atomic E-state index is 11.1. The molecular formula is C15H17N5O4S2. The first-order valence-corrected chi connectivity index (χ1v) is 9.76. The highest BCUT2D eigenvalue weighted by Crippen LogP contribution is 2.34. The van der Waals surface area contributed by atoms with Gasteiger partial charge >= 0.3 is 0 Å². The third-order valence-electron chi connectivity index (χ3n) is 3.48. The van der Waals surface area contributed by atoms with Gasteiger partial charge in [-0.15, -0.1) is 11.3 Å². The first kappa shape index (κ1) is 18.2. The molecule has 0 fully saturated rings. The second-order valence-corrected chi connectivity index (χ2v) is 7.68. The SMILES string of the molecule is COc1cc2ncnc(NCc3ccc(NS(N)(=O)=O)s3)c2cc1OC. The molecule has 0 saturated heterocycles. The number of hydrogen-bond donors (Lipinski definition) is 3. The van der Waals surface area contributed by atoms with E-state index in [1.54, 1.807) is 38.5 Å². The minimum atomic E-state index is -3.78. The van der Waals surface area contributed by atoms with Crippen LogP contribution in [0, 0.1) is 0 Å². The molecule has 0 spiro atoms. The lowest BCUT2D eigenvalue weighted by atomic mass is 10.2. The van der Waals surface area contributed by atoms with Gasteiger partial charge in [0, 0.05) is 16.3 Å². The first-order valence-electron chi connectivity index (χ1n) is 7.39. The number of fused-ring (bicyclic) bond motifs is 1. The highest BCUT2D eigenvalue weighted by molar-refractivity contribution is 7.90. The number of thiophene rings is 1. The van der Waals surface area contributed by atoms with Crippen LogP contribution in [0.15, 0.2) is 30.6 Å². The summed E-state index contributed by atoms with van der Waals surface area (Å²) in [7, 11) is -0.655. The van der Waals surface area contributed by atoms with Crippen molar-refractivity contribution in [3.8, 4) is 11.5 Å². The number of rotatable bonds is 7. The largest absolute Gasteiger partial charge is 0.493 e. The zero-order valence-corrected chi connectivity index (χ0v) is 15.6. The number of nitrogens with two attached hydrogens (primary N) is 1. The van der Waals surface area contributed by atoms with Crippen LogP contribution < -0.4 is 24.7 Å². The number of nitrogens with one attached hydrogen (secondary N) is 2. The fourth-order valence-electron chi connectivity index (χ4n) is 2.36. The predicted octanol–water partition coefficient (Wildman–Crippen LogP) is 1.94. The van der Waals surface area contributed by atoms with E-state index in [1.807, 2.05) is 0 Å². The van der Waals surface area contributed by atoms with E-state index in [9.17, 15) is 8.42 Å². The Morgan fingerprint density at radius 3 is 2.58 bits per heavy atom. The van der Waals surface area contributed by atoms with E-state index >= 15 is 0 Å². The molecule has 0 radical (unpaired) electrons. The first-order chi connectivity index (χ1) is 12.4. The lowest BCUT2D eigenvalue weighted by Crippen LogP contribution is -2.20. The van der Waals surface area contributed by atoms with Gasteiger partial charge in [0.15, 0.2) is 11.5 Å². The van der Waals surface area contributed by atoms with Crippen LogP contribution in [0.5, 0.6) is 11.5 Å². The molecule has 0 aliphatic heterocycles. The Morgan fingerprint density at radius 2 is 1.88 bits per heavy atom. The summed E-state index contributed by atoms with van der Waals surface area (Å²) in [6.45, 7) is 0.456. The Bertz CT molecular complexity index is 1040. The molecular weight excluding hydrogens is 378 g/mol. The van der Waals surface area contributed by atoms with Gasteiger partial charge in [0.05, 0.1) is 26.3 Å². The van der Waals surface area contributed by atoms with Gasteiger partial charge in [-0.05, 0) is 18.2 Å². The Morgan fingerprint density at radius 1 is 1.15 bits per heavy atom. The quantitative estimate of drug-likeness (QED) is 0.557. The fourth-order valence-corrected chi connectivity index (χ4v) is 3.93. The molecule has 0 unspecified atom stereocenters. The Balaban J connectivity index is 1.83. The van der Waals surface area contributed by atoms with Crippen LogP contribution >= 0.6 is 11.3 Å². The third-order valence-corrected chi connectivity index (χ3v) is 5.11. The Kier molecular flexibility index (Phi) is 5.11. The van der Waals surface area contributed by atoms with Gasteiger partial charge < -0.3 is 14.8 Å². The third kappa shape index (κ3) is 4.12. The number of hydrogen-bond acceptors (Lipinski definition) is 8. The van der Waals surface area contributed by atoms with Crippen LogP contribution in [0.4, 0.5) is 10.8 Å². The summed E-state index contributed by atoms with van der Waals surface area (Å²) in [5.41, 5.74) is 0.711. The highest BCUT2D eigenvalue weighted by atomic mass is 32.2. The van der Waals surface area contributed by atoms with Gasteiger partial charge in [0.2, 0.25) is 0 Å². The Hall–Kier alpha value is -2.63. The Labute approximate surface area is 154 Å². The number of aromatic nitrogens is 2. The van der Waals surface area contributed by atoms with Crippen LogP contribution in [-0.2, 0) is 16.8 Å². The van der Waals surface area contributed by atoms with Gasteiger partial charge in [0.1, 0.15) is 17.1 Å². The monoisotopic (exact) mass is 395 g/mol. The van der Waals surface area contributed by atoms with E-state index < -0.39 is 10.2 Å². The summed E-state index contributed by atoms with van der Waals surface area (Å²) in [6.07, 6.45) is 1.46. The summed E-state index contributed by atoms with van der Waals surface area (Å²) >= 11 is 1.28. The second-order valence-electron chi connectivity index (χ2n) is 5.21. The van der Waals surface area contributed by atoms with E-state index in [1.165, 1.54) is 17.7 Å². The topological polar surface area (TPSA) is 128 Å². The molecule has 3 aromatic rings. The molecule has 2 aromatic heterocycles. The van der Waals surface area contributed by atoms with Crippen molar-refractivity contribution >= 4 is 43.3 Å². The zero-order valence-electron chi connectivity index (χ0n) is 14.0. The molecule has 2 heterocycles. The number of ether oxygens (including phenoxy) is 2. The normalized spacial score (nSPS) is 11.3. The highest BCUT2D eigenvalue weighted by Gasteiger charge is 2.11. The molecule has 11 heteroatoms. The molecule has 0 bridgehead atoms. The summed E-state index contributed by atoms with van der Waals surface area (Å²) in [6, 6.07) is 7.04. The molecule has 138 valence electrons. The minimum absolute atomic E-state index is 0.447. The van der Waals surface area contributed by atoms with Gasteiger partial charge in [-0.1, -0.05) is 0 Å². The minimum Gasteiger partial charge on any atom is -0.493 e. The molecule has 0 amide bonds. The van der Waals surface area contributed by atoms with E-state index in [2.05, 4.69) is 20.0 Å². The van der Waals surface area contributed by atoms with Gasteiger partial charge in [-0.3, -0.25) is 4.72 Å². The number of anilines is 2. The fraction of sp³-hybridized carbons (Fsp3) is 0.200. The maximum Gasteiger partial charge on any atom is 0.297 e. The van der Waals surface area contributed by atoms with Gasteiger partial charge in [-0.2, -0.15) is 8.42 Å². The standard InChI is InChI=1S/C15H17N5O4S2/c1-23-12-5-10-11(6-13(12)24-2)18-8-19-15(10)17-7-9-3-4-14(25-9)20-26(16,21)22/h3-6,8,20H,7H2,1-2H3,(H2,16,21,22)(H,17,18,19). The van der Waals surface area contributed by atoms with Crippen molar-refractivity contribution in [3.05, 3.63) is 35.5 Å². The number of benzene rings is 1. The molecule has 26 heavy (non-hydrogen) atoms. The summed E-state index contributed by atoms with van der Waals surface area (Å²) < 4.78 is 35.0. The van der Waals surface area contributed by atoms with Gasteiger partial charge in [-0.25, -0.2) is 15.1 Å². The lowest BCUT2D eigenvalue weighted by Gasteiger charge is -2.11. The molecule has 4 N–H and O–H groups in total. The number of nitrogens with zero attached hydrogens (tertiary/aromatic N) is 2. The molecule has 9 nitrogen and oxygen atoms in total. The van der Waals surface area contributed by atoms with E-state index in [0.717, 1.165) is 10.3 Å². The molecule has 0 aliphatic rings. The van der Waals surface area contributed by atoms with Crippen molar-refractivity contribution in [3.63, 3.8) is 0 Å². The van der Waals surface area contributed by atoms with Crippen molar-refractivity contribution in [2.45, 2.75) is 6.54 Å². The van der Waals surface area contributed by atoms with Crippen LogP contribution in [0.25, 0.3) is 10.9 Å². The van der Waals surface area contributed by atoms with Crippen molar-refractivity contribution in [1.29, 1.82) is 0 Å². The van der Waals surface area contributed by atoms with Crippen molar-refractivity contribution < 1.29 is 17.9 Å². The smallest absolute Gasteiger partial charge is 0.297 e. The van der Waals surface area contributed by atoms with E-state index in [-0.39, 0.29) is 0 Å². The molecule has 0 aliphatic carbocycles. The molecule has 0 atom stereocenters. The number of methoxy groups -OCH3 is 2. The van der Waals surface area contributed by atoms with E-state index in [0.29, 0.717) is 34.4 Å². The van der Waals surface area contributed by atoms with Crippen LogP contribution in [0.3, 0.4) is 0 Å². The maximum atomic E-state index is 11.1. The second kappa shape index (κ2) is 7.32. The average molecular weight is 395 g/mol. The van der Waals surface area contributed by atoms with Crippen LogP contribution in [0.2, 0.25) is 0 Å². The van der Waals surface area contributed by atoms with Crippen molar-refractivity contribution in [2.24, 2.45) is 5.14 Å². The molecule has 3 rings (SSSR count). The predicted molar refractivity (Wildman–Crippen MR) is 101 cm³/mol. The lowest BCUT2D eigenvalue weighted by molar-refractivity contribution is 0.356. The van der Waals surface area contributed by atoms with Gasteiger partial charge in [0.25, 0.3) is 10.2 Å². The summed E-state index contributed by atoms with van der Waals surface area (Å²) in [5, 5.41) is 9.42. The van der Waals surface area contributed by atoms with Crippen molar-refractivity contribution in [2.75, 3.05) is 24.3 Å². The molecule has 0 saturated carbocycles. The van der Waals surface area contributed by atoms with E-state index in [4.69, 9.17) is 14.6 Å². The summed E-state index contributed by atoms with van der Waals surface area (Å²) in [5.74, 6) is 1.79.